The van der Waals surface area contributed by atoms with E-state index < -0.39 is 91.4 Å². The average Bonchev–Trinajstić information content (AvgIpc) is 2.95. The van der Waals surface area contributed by atoms with Crippen molar-refractivity contribution in [3.63, 3.8) is 0 Å². The molecule has 42 heavy (non-hydrogen) atoms. The molecule has 15 heteroatoms. The van der Waals surface area contributed by atoms with Crippen LogP contribution in [0.5, 0.6) is 28.7 Å². The summed E-state index contributed by atoms with van der Waals surface area (Å²) < 4.78 is 27.9. The molecule has 0 spiro atoms. The zero-order chi connectivity index (χ0) is 30.5. The van der Waals surface area contributed by atoms with Gasteiger partial charge < -0.3 is 69.6 Å². The molecular weight excluding hydrogens is 564 g/mol. The minimum Gasteiger partial charge on any atom is -0.507 e. The second-order valence-electron chi connectivity index (χ2n) is 10.4. The molecule has 0 amide bonds. The predicted octanol–water partition coefficient (Wildman–Crippen LogP) is -1.46. The first kappa shape index (κ1) is 30.2. The molecule has 0 aliphatic carbocycles. The number of hydrogen-bond donors (Lipinski definition) is 9. The highest BCUT2D eigenvalue weighted by atomic mass is 16.7. The van der Waals surface area contributed by atoms with E-state index in [0.717, 1.165) is 6.07 Å². The Morgan fingerprint density at radius 3 is 2.19 bits per heavy atom. The van der Waals surface area contributed by atoms with Crippen LogP contribution < -0.4 is 9.47 Å². The Hall–Kier alpha value is -3.25. The zero-order valence-corrected chi connectivity index (χ0v) is 22.1. The molecule has 0 saturated carbocycles. The van der Waals surface area contributed by atoms with Crippen LogP contribution in [-0.2, 0) is 14.2 Å². The standard InChI is InChI=1S/C27H32O15/c1-9-20(32)22(34)24(36)26(39-9)38-8-18-21(33)23(35)25(37)27(42-18)40-11-5-14(30)19-15(31)7-16(41-17(19)6-11)10-2-3-12(28)13(29)4-10/h2-6,9,16,18,20-30,32-37H,7-8H2,1H3/t9-,16+,18+,20+,21-,22-,23+,24-,25-,26-,27-/m1/s1. The smallest absolute Gasteiger partial charge is 0.229 e. The van der Waals surface area contributed by atoms with Crippen LogP contribution in [0.1, 0.15) is 35.4 Å². The van der Waals surface area contributed by atoms with Gasteiger partial charge >= 0.3 is 0 Å². The molecule has 5 rings (SSSR count). The number of rotatable bonds is 6. The molecule has 230 valence electrons. The van der Waals surface area contributed by atoms with Crippen molar-refractivity contribution in [1.29, 1.82) is 0 Å². The van der Waals surface area contributed by atoms with Crippen molar-refractivity contribution < 1.29 is 74.4 Å². The lowest BCUT2D eigenvalue weighted by Crippen LogP contribution is -2.61. The summed E-state index contributed by atoms with van der Waals surface area (Å²) in [5.41, 5.74) is 0.255. The Morgan fingerprint density at radius 1 is 0.786 bits per heavy atom. The molecule has 3 heterocycles. The third kappa shape index (κ3) is 5.70. The van der Waals surface area contributed by atoms with Gasteiger partial charge in [-0.25, -0.2) is 0 Å². The van der Waals surface area contributed by atoms with Gasteiger partial charge in [0.2, 0.25) is 6.29 Å². The van der Waals surface area contributed by atoms with Crippen LogP contribution in [0.2, 0.25) is 0 Å². The van der Waals surface area contributed by atoms with Crippen molar-refractivity contribution in [3.05, 3.63) is 41.5 Å². The quantitative estimate of drug-likeness (QED) is 0.173. The minimum atomic E-state index is -1.78. The van der Waals surface area contributed by atoms with Gasteiger partial charge in [0.15, 0.2) is 23.6 Å². The Kier molecular flexibility index (Phi) is 8.48. The van der Waals surface area contributed by atoms with Crippen molar-refractivity contribution in [2.45, 2.75) is 80.9 Å². The van der Waals surface area contributed by atoms with E-state index in [1.165, 1.54) is 31.2 Å². The normalized spacial score (nSPS) is 36.6. The molecule has 0 radical (unpaired) electrons. The summed E-state index contributed by atoms with van der Waals surface area (Å²) in [6.07, 6.45) is -16.1. The zero-order valence-electron chi connectivity index (χ0n) is 22.1. The predicted molar refractivity (Wildman–Crippen MR) is 136 cm³/mol. The van der Waals surface area contributed by atoms with Crippen LogP contribution in [0.25, 0.3) is 0 Å². The number of ketones is 1. The molecule has 3 aliphatic rings. The van der Waals surface area contributed by atoms with Crippen LogP contribution in [0, 0.1) is 0 Å². The van der Waals surface area contributed by atoms with Gasteiger partial charge in [0.1, 0.15) is 71.6 Å². The van der Waals surface area contributed by atoms with E-state index >= 15 is 0 Å². The largest absolute Gasteiger partial charge is 0.507 e. The maximum atomic E-state index is 12.8. The number of phenols is 3. The van der Waals surface area contributed by atoms with Crippen LogP contribution in [0.4, 0.5) is 0 Å². The number of fused-ring (bicyclic) bond motifs is 1. The molecule has 11 atom stereocenters. The first-order valence-corrected chi connectivity index (χ1v) is 13.1. The molecular formula is C27H32O15. The van der Waals surface area contributed by atoms with E-state index in [-0.39, 0.29) is 29.2 Å². The van der Waals surface area contributed by atoms with Crippen molar-refractivity contribution in [2.75, 3.05) is 6.61 Å². The Morgan fingerprint density at radius 2 is 1.48 bits per heavy atom. The first-order valence-electron chi connectivity index (χ1n) is 13.1. The topological polar surface area (TPSA) is 245 Å². The lowest BCUT2D eigenvalue weighted by atomic mass is 9.95. The number of phenolic OH excluding ortho intramolecular Hbond substituents is 3. The van der Waals surface area contributed by atoms with Gasteiger partial charge in [0, 0.05) is 12.1 Å². The summed E-state index contributed by atoms with van der Waals surface area (Å²) in [7, 11) is 0. The van der Waals surface area contributed by atoms with E-state index in [2.05, 4.69) is 0 Å². The fourth-order valence-corrected chi connectivity index (χ4v) is 5.04. The number of aliphatic hydroxyl groups is 6. The Labute approximate surface area is 238 Å². The molecule has 0 bridgehead atoms. The molecule has 0 unspecified atom stereocenters. The molecule has 15 nitrogen and oxygen atoms in total. The summed E-state index contributed by atoms with van der Waals surface area (Å²) in [5, 5.41) is 91.3. The Balaban J connectivity index is 1.30. The summed E-state index contributed by atoms with van der Waals surface area (Å²) in [4.78, 5) is 12.8. The van der Waals surface area contributed by atoms with E-state index in [4.69, 9.17) is 23.7 Å². The monoisotopic (exact) mass is 596 g/mol. The number of carbonyl (C=O) groups is 1. The number of aliphatic hydroxyl groups excluding tert-OH is 6. The summed E-state index contributed by atoms with van der Waals surface area (Å²) in [6, 6.07) is 6.26. The van der Waals surface area contributed by atoms with Crippen molar-refractivity contribution in [3.8, 4) is 28.7 Å². The second-order valence-corrected chi connectivity index (χ2v) is 10.4. The number of hydrogen-bond acceptors (Lipinski definition) is 15. The van der Waals surface area contributed by atoms with Gasteiger partial charge in [-0.1, -0.05) is 6.07 Å². The summed E-state index contributed by atoms with van der Waals surface area (Å²) in [5.74, 6) is -1.96. The van der Waals surface area contributed by atoms with Gasteiger partial charge in [0.25, 0.3) is 0 Å². The van der Waals surface area contributed by atoms with E-state index in [0.29, 0.717) is 5.56 Å². The maximum Gasteiger partial charge on any atom is 0.229 e. The summed E-state index contributed by atoms with van der Waals surface area (Å²) >= 11 is 0. The molecule has 3 aliphatic heterocycles. The molecule has 2 aromatic carbocycles. The van der Waals surface area contributed by atoms with Crippen molar-refractivity contribution in [2.24, 2.45) is 0 Å². The lowest BCUT2D eigenvalue weighted by Gasteiger charge is -2.42. The molecule has 9 N–H and O–H groups in total. The molecule has 2 saturated heterocycles. The van der Waals surface area contributed by atoms with Crippen LogP contribution in [0.3, 0.4) is 0 Å². The number of benzene rings is 2. The number of Topliss-reactive ketones (excluding diaryl/α,β-unsaturated/α-hetero) is 1. The highest BCUT2D eigenvalue weighted by molar-refractivity contribution is 6.02. The molecule has 0 aromatic heterocycles. The van der Waals surface area contributed by atoms with Gasteiger partial charge in [0.05, 0.1) is 19.1 Å². The first-order chi connectivity index (χ1) is 19.8. The highest BCUT2D eigenvalue weighted by Crippen LogP contribution is 2.43. The van der Waals surface area contributed by atoms with Crippen molar-refractivity contribution in [1.82, 2.24) is 0 Å². The van der Waals surface area contributed by atoms with Crippen LogP contribution >= 0.6 is 0 Å². The highest BCUT2D eigenvalue weighted by Gasteiger charge is 2.47. The Bertz CT molecular complexity index is 1300. The third-order valence-corrected chi connectivity index (χ3v) is 7.50. The average molecular weight is 597 g/mol. The van der Waals surface area contributed by atoms with E-state index in [9.17, 15) is 50.8 Å². The third-order valence-electron chi connectivity index (χ3n) is 7.50. The maximum absolute atomic E-state index is 12.8. The minimum absolute atomic E-state index is 0.0807. The summed E-state index contributed by atoms with van der Waals surface area (Å²) in [6.45, 7) is 0.949. The molecule has 2 fully saturated rings. The van der Waals surface area contributed by atoms with Crippen LogP contribution in [0.15, 0.2) is 30.3 Å². The van der Waals surface area contributed by atoms with Gasteiger partial charge in [-0.2, -0.15) is 0 Å². The van der Waals surface area contributed by atoms with Crippen LogP contribution in [-0.4, -0.2) is 120 Å². The fraction of sp³-hybridized carbons (Fsp3) is 0.519. The van der Waals surface area contributed by atoms with Gasteiger partial charge in [-0.05, 0) is 24.6 Å². The second kappa shape index (κ2) is 11.8. The van der Waals surface area contributed by atoms with Gasteiger partial charge in [-0.3, -0.25) is 4.79 Å². The number of carbonyl (C=O) groups excluding carboxylic acids is 1. The van der Waals surface area contributed by atoms with E-state index in [1.807, 2.05) is 0 Å². The van der Waals surface area contributed by atoms with E-state index in [1.54, 1.807) is 0 Å². The fourth-order valence-electron chi connectivity index (χ4n) is 5.04. The van der Waals surface area contributed by atoms with Gasteiger partial charge in [-0.15, -0.1) is 0 Å². The molecule has 2 aromatic rings. The lowest BCUT2D eigenvalue weighted by molar-refractivity contribution is -0.318. The number of ether oxygens (including phenoxy) is 5. The number of aromatic hydroxyl groups is 3. The van der Waals surface area contributed by atoms with Crippen molar-refractivity contribution >= 4 is 5.78 Å². The SMILES string of the molecule is C[C@H]1O[C@@H](OC[C@@H]2O[C@@H](Oc3cc(O)c4c(c3)O[C@H](c3ccc(O)c(O)c3)CC4=O)[C@H](O)[C@@H](O)[C@@H]2O)[C@H](O)[C@H](O)[C@H]1O.